The fourth-order valence-corrected chi connectivity index (χ4v) is 3.78. The zero-order valence-corrected chi connectivity index (χ0v) is 17.0. The number of phenolic OH excluding ortho intramolecular Hbond substituents is 2. The van der Waals surface area contributed by atoms with Gasteiger partial charge in [-0.1, -0.05) is 35.4 Å². The van der Waals surface area contributed by atoms with Crippen LogP contribution in [0.2, 0.25) is 0 Å². The van der Waals surface area contributed by atoms with Crippen LogP contribution in [0.4, 0.5) is 0 Å². The lowest BCUT2D eigenvalue weighted by molar-refractivity contribution is 0.170. The van der Waals surface area contributed by atoms with E-state index in [1.807, 2.05) is 38.1 Å². The molecule has 0 aromatic heterocycles. The van der Waals surface area contributed by atoms with Crippen LogP contribution in [-0.4, -0.2) is 33.7 Å². The SMILES string of the molecule is Cc1ccc(O)c(C(CCN(C(C)C)C(C)C)c2cc(C)ccc2O)c1. The molecule has 0 atom stereocenters. The molecule has 0 aliphatic carbocycles. The lowest BCUT2D eigenvalue weighted by Gasteiger charge is -2.32. The van der Waals surface area contributed by atoms with Crippen molar-refractivity contribution in [2.24, 2.45) is 0 Å². The van der Waals surface area contributed by atoms with E-state index in [2.05, 4.69) is 32.6 Å². The van der Waals surface area contributed by atoms with E-state index in [1.54, 1.807) is 12.1 Å². The van der Waals surface area contributed by atoms with Crippen LogP contribution in [0.15, 0.2) is 36.4 Å². The van der Waals surface area contributed by atoms with Gasteiger partial charge in [0.25, 0.3) is 0 Å². The third-order valence-corrected chi connectivity index (χ3v) is 5.12. The number of nitrogens with zero attached hydrogens (tertiary/aromatic N) is 1. The molecule has 0 saturated heterocycles. The molecule has 26 heavy (non-hydrogen) atoms. The van der Waals surface area contributed by atoms with Gasteiger partial charge in [-0.3, -0.25) is 4.90 Å². The van der Waals surface area contributed by atoms with Crippen LogP contribution in [-0.2, 0) is 0 Å². The minimum atomic E-state index is -0.0465. The van der Waals surface area contributed by atoms with Gasteiger partial charge >= 0.3 is 0 Å². The summed E-state index contributed by atoms with van der Waals surface area (Å²) in [5, 5.41) is 21.0. The molecule has 0 fully saturated rings. The third kappa shape index (κ3) is 4.79. The number of benzene rings is 2. The summed E-state index contributed by atoms with van der Waals surface area (Å²) in [5.74, 6) is 0.541. The van der Waals surface area contributed by atoms with Gasteiger partial charge in [0, 0.05) is 29.1 Å². The molecule has 142 valence electrons. The summed E-state index contributed by atoms with van der Waals surface area (Å²) < 4.78 is 0. The Morgan fingerprint density at radius 1 is 0.769 bits per heavy atom. The minimum absolute atomic E-state index is 0.0465. The van der Waals surface area contributed by atoms with Crippen LogP contribution in [0.5, 0.6) is 11.5 Å². The van der Waals surface area contributed by atoms with Crippen LogP contribution in [0.1, 0.15) is 62.3 Å². The maximum absolute atomic E-state index is 10.5. The molecular formula is C23H33NO2. The fourth-order valence-electron chi connectivity index (χ4n) is 3.78. The van der Waals surface area contributed by atoms with Crippen molar-refractivity contribution in [1.29, 1.82) is 0 Å². The Morgan fingerprint density at radius 2 is 1.19 bits per heavy atom. The highest BCUT2D eigenvalue weighted by atomic mass is 16.3. The Kier molecular flexibility index (Phi) is 6.71. The molecule has 0 heterocycles. The molecular weight excluding hydrogens is 322 g/mol. The van der Waals surface area contributed by atoms with Gasteiger partial charge < -0.3 is 10.2 Å². The topological polar surface area (TPSA) is 43.7 Å². The number of aryl methyl sites for hydroxylation is 2. The zero-order chi connectivity index (χ0) is 19.4. The predicted octanol–water partition coefficient (Wildman–Crippen LogP) is 5.36. The summed E-state index contributed by atoms with van der Waals surface area (Å²) in [6.45, 7) is 13.8. The maximum atomic E-state index is 10.5. The zero-order valence-electron chi connectivity index (χ0n) is 17.0. The molecule has 3 heteroatoms. The van der Waals surface area contributed by atoms with Gasteiger partial charge in [0.1, 0.15) is 11.5 Å². The molecule has 0 spiro atoms. The van der Waals surface area contributed by atoms with E-state index in [4.69, 9.17) is 0 Å². The van der Waals surface area contributed by atoms with E-state index in [0.29, 0.717) is 23.6 Å². The normalized spacial score (nSPS) is 11.9. The van der Waals surface area contributed by atoms with E-state index in [1.165, 1.54) is 0 Å². The second-order valence-electron chi connectivity index (χ2n) is 7.89. The van der Waals surface area contributed by atoms with Gasteiger partial charge in [-0.2, -0.15) is 0 Å². The average Bonchev–Trinajstić information content (AvgIpc) is 2.56. The molecule has 0 aliphatic heterocycles. The Morgan fingerprint density at radius 3 is 1.58 bits per heavy atom. The van der Waals surface area contributed by atoms with Crippen molar-refractivity contribution in [3.05, 3.63) is 58.7 Å². The van der Waals surface area contributed by atoms with Gasteiger partial charge in [0.15, 0.2) is 0 Å². The van der Waals surface area contributed by atoms with E-state index in [0.717, 1.165) is 35.2 Å². The van der Waals surface area contributed by atoms with Crippen LogP contribution in [0.3, 0.4) is 0 Å². The smallest absolute Gasteiger partial charge is 0.119 e. The Bertz CT molecular complexity index is 677. The van der Waals surface area contributed by atoms with Crippen LogP contribution in [0.25, 0.3) is 0 Å². The highest BCUT2D eigenvalue weighted by molar-refractivity contribution is 5.48. The fraction of sp³-hybridized carbons (Fsp3) is 0.478. The quantitative estimate of drug-likeness (QED) is 0.703. The van der Waals surface area contributed by atoms with Crippen molar-refractivity contribution in [2.45, 2.75) is 66.0 Å². The van der Waals surface area contributed by atoms with Crippen LogP contribution < -0.4 is 0 Å². The molecule has 2 rings (SSSR count). The van der Waals surface area contributed by atoms with Crippen molar-refractivity contribution in [2.75, 3.05) is 6.54 Å². The van der Waals surface area contributed by atoms with Gasteiger partial charge in [0.2, 0.25) is 0 Å². The number of phenols is 2. The monoisotopic (exact) mass is 355 g/mol. The summed E-state index contributed by atoms with van der Waals surface area (Å²) in [6.07, 6.45) is 0.838. The third-order valence-electron chi connectivity index (χ3n) is 5.12. The Hall–Kier alpha value is -2.00. The summed E-state index contributed by atoms with van der Waals surface area (Å²) in [6, 6.07) is 12.3. The molecule has 2 aromatic rings. The highest BCUT2D eigenvalue weighted by Crippen LogP contribution is 2.39. The largest absolute Gasteiger partial charge is 0.508 e. The molecule has 0 saturated carbocycles. The van der Waals surface area contributed by atoms with E-state index < -0.39 is 0 Å². The van der Waals surface area contributed by atoms with Crippen molar-refractivity contribution < 1.29 is 10.2 Å². The van der Waals surface area contributed by atoms with Crippen molar-refractivity contribution in [1.82, 2.24) is 4.90 Å². The Labute approximate surface area is 158 Å². The summed E-state index contributed by atoms with van der Waals surface area (Å²) in [7, 11) is 0. The standard InChI is InChI=1S/C23H33NO2/c1-15(2)24(16(3)4)12-11-19(20-13-17(5)7-9-22(20)25)21-14-18(6)8-10-23(21)26/h7-10,13-16,19,25-26H,11-12H2,1-6H3. The molecule has 0 amide bonds. The van der Waals surface area contributed by atoms with Gasteiger partial charge in [-0.15, -0.1) is 0 Å². The van der Waals surface area contributed by atoms with E-state index in [-0.39, 0.29) is 5.92 Å². The van der Waals surface area contributed by atoms with Crippen LogP contribution in [0, 0.1) is 13.8 Å². The summed E-state index contributed by atoms with van der Waals surface area (Å²) in [4.78, 5) is 2.45. The molecule has 2 N–H and O–H groups in total. The molecule has 2 aromatic carbocycles. The molecule has 0 radical (unpaired) electrons. The van der Waals surface area contributed by atoms with Crippen LogP contribution >= 0.6 is 0 Å². The van der Waals surface area contributed by atoms with Crippen molar-refractivity contribution >= 4 is 0 Å². The molecule has 3 nitrogen and oxygen atoms in total. The molecule has 0 aliphatic rings. The predicted molar refractivity (Wildman–Crippen MR) is 109 cm³/mol. The summed E-state index contributed by atoms with van der Waals surface area (Å²) in [5.41, 5.74) is 4.00. The van der Waals surface area contributed by atoms with Gasteiger partial charge in [0.05, 0.1) is 0 Å². The first kappa shape index (κ1) is 20.3. The van der Waals surface area contributed by atoms with Gasteiger partial charge in [-0.05, 0) is 66.6 Å². The average molecular weight is 356 g/mol. The second kappa shape index (κ2) is 8.59. The minimum Gasteiger partial charge on any atom is -0.508 e. The van der Waals surface area contributed by atoms with Crippen molar-refractivity contribution in [3.8, 4) is 11.5 Å². The first-order chi connectivity index (χ1) is 12.2. The van der Waals surface area contributed by atoms with Crippen molar-refractivity contribution in [3.63, 3.8) is 0 Å². The Balaban J connectivity index is 2.45. The lowest BCUT2D eigenvalue weighted by Crippen LogP contribution is -2.38. The second-order valence-corrected chi connectivity index (χ2v) is 7.89. The molecule has 0 bridgehead atoms. The first-order valence-electron chi connectivity index (χ1n) is 9.55. The number of rotatable bonds is 7. The number of aromatic hydroxyl groups is 2. The summed E-state index contributed by atoms with van der Waals surface area (Å²) >= 11 is 0. The lowest BCUT2D eigenvalue weighted by atomic mass is 9.85. The first-order valence-corrected chi connectivity index (χ1v) is 9.55. The van der Waals surface area contributed by atoms with E-state index in [9.17, 15) is 10.2 Å². The number of hydrogen-bond acceptors (Lipinski definition) is 3. The number of hydrogen-bond donors (Lipinski definition) is 2. The maximum Gasteiger partial charge on any atom is 0.119 e. The van der Waals surface area contributed by atoms with E-state index >= 15 is 0 Å². The highest BCUT2D eigenvalue weighted by Gasteiger charge is 2.23. The van der Waals surface area contributed by atoms with Gasteiger partial charge in [-0.25, -0.2) is 0 Å². The molecule has 0 unspecified atom stereocenters.